The first-order valence-electron chi connectivity index (χ1n) is 21.4. The molecule has 0 N–H and O–H groups in total. The molecule has 0 radical (unpaired) electrons. The summed E-state index contributed by atoms with van der Waals surface area (Å²) in [6.45, 7) is 18.1. The van der Waals surface area contributed by atoms with Crippen molar-refractivity contribution in [1.29, 1.82) is 0 Å². The van der Waals surface area contributed by atoms with Crippen molar-refractivity contribution in [2.24, 2.45) is 0 Å². The summed E-state index contributed by atoms with van der Waals surface area (Å²) >= 11 is 0. The van der Waals surface area contributed by atoms with Gasteiger partial charge in [-0.1, -0.05) is 59.7 Å². The minimum atomic E-state index is 1.27. The largest absolute Gasteiger partial charge is 0.308 e. The fourth-order valence-corrected chi connectivity index (χ4v) is 11.8. The van der Waals surface area contributed by atoms with Gasteiger partial charge in [-0.05, 0) is 205 Å². The summed E-state index contributed by atoms with van der Waals surface area (Å²) in [4.78, 5) is 0. The number of nitrogens with zero attached hydrogens (tertiary/aromatic N) is 2. The third-order valence-corrected chi connectivity index (χ3v) is 14.2. The lowest BCUT2D eigenvalue weighted by Gasteiger charge is -2.22. The number of aromatic nitrogens is 2. The molecule has 4 aromatic heterocycles. The lowest BCUT2D eigenvalue weighted by atomic mass is 9.81. The number of aryl methyl sites for hydroxylation is 8. The van der Waals surface area contributed by atoms with Crippen molar-refractivity contribution in [3.05, 3.63) is 166 Å². The van der Waals surface area contributed by atoms with E-state index in [0.29, 0.717) is 0 Å². The van der Waals surface area contributed by atoms with Gasteiger partial charge in [-0.3, -0.25) is 0 Å². The summed E-state index contributed by atoms with van der Waals surface area (Å²) in [6.07, 6.45) is 0. The molecule has 2 nitrogen and oxygen atoms in total. The highest BCUT2D eigenvalue weighted by Crippen LogP contribution is 2.52. The first-order chi connectivity index (χ1) is 29.0. The zero-order valence-corrected chi connectivity index (χ0v) is 35.4. The van der Waals surface area contributed by atoms with E-state index in [-0.39, 0.29) is 0 Å². The number of hydrogen-bond donors (Lipinski definition) is 0. The molecule has 0 unspecified atom stereocenters. The molecular weight excluding hydrogens is 725 g/mol. The lowest BCUT2D eigenvalue weighted by Crippen LogP contribution is -1.97. The van der Waals surface area contributed by atoms with E-state index in [1.807, 2.05) is 0 Å². The Morgan fingerprint density at radius 1 is 0.250 bits per heavy atom. The smallest absolute Gasteiger partial charge is 0.0620 e. The second-order valence-electron chi connectivity index (χ2n) is 18.2. The van der Waals surface area contributed by atoms with Crippen LogP contribution in [0.25, 0.3) is 120 Å². The second-order valence-corrected chi connectivity index (χ2v) is 18.2. The van der Waals surface area contributed by atoms with Gasteiger partial charge in [0.2, 0.25) is 0 Å². The van der Waals surface area contributed by atoms with E-state index in [0.717, 1.165) is 0 Å². The van der Waals surface area contributed by atoms with Gasteiger partial charge in [0.05, 0.1) is 33.1 Å². The first-order valence-corrected chi connectivity index (χ1v) is 21.4. The van der Waals surface area contributed by atoms with E-state index in [1.165, 1.54) is 164 Å². The fraction of sp³-hybridized carbons (Fsp3) is 0.138. The maximum Gasteiger partial charge on any atom is 0.0620 e. The Kier molecular flexibility index (Phi) is 6.48. The zero-order valence-electron chi connectivity index (χ0n) is 35.4. The third-order valence-electron chi connectivity index (χ3n) is 14.2. The van der Waals surface area contributed by atoms with Gasteiger partial charge in [0.1, 0.15) is 0 Å². The first kappa shape index (κ1) is 34.0. The minimum absolute atomic E-state index is 1.27. The van der Waals surface area contributed by atoms with Crippen LogP contribution in [0.4, 0.5) is 0 Å². The predicted octanol–water partition coefficient (Wildman–Crippen LogP) is 16.1. The molecule has 0 fully saturated rings. The van der Waals surface area contributed by atoms with E-state index in [2.05, 4.69) is 186 Å². The van der Waals surface area contributed by atoms with Crippen LogP contribution in [0.15, 0.2) is 121 Å². The van der Waals surface area contributed by atoms with Crippen LogP contribution >= 0.6 is 0 Å². The van der Waals surface area contributed by atoms with Gasteiger partial charge in [-0.15, -0.1) is 0 Å². The van der Waals surface area contributed by atoms with Gasteiger partial charge in [0.25, 0.3) is 0 Å². The molecule has 2 heteroatoms. The molecule has 0 bridgehead atoms. The van der Waals surface area contributed by atoms with Crippen LogP contribution in [0.2, 0.25) is 0 Å². The normalized spacial score (nSPS) is 12.7. The standard InChI is InChI=1S/C58H44N2/c1-29-15-17-49-37(19-29)45-21-31(3)23-47-39-25-41-43(27-51(39)59(49)57(45)47)55(53-33(5)11-9-12-34(53)6)42-26-40-48-24-32(4)22-46-38-20-30(2)16-18-50(38)60(58(46)48)52(40)28-44(42)56(41)54-35(7)13-10-14-36(54)8/h9-28H,1-8H3. The molecule has 0 aliphatic rings. The summed E-state index contributed by atoms with van der Waals surface area (Å²) in [5.74, 6) is 0. The quantitative estimate of drug-likeness (QED) is 0.155. The van der Waals surface area contributed by atoms with Crippen LogP contribution in [0.1, 0.15) is 44.5 Å². The molecule has 0 aliphatic heterocycles. The average Bonchev–Trinajstić information content (AvgIpc) is 3.91. The number of rotatable bonds is 2. The fourth-order valence-electron chi connectivity index (χ4n) is 11.8. The Bertz CT molecular complexity index is 3770. The molecule has 0 amide bonds. The van der Waals surface area contributed by atoms with Crippen LogP contribution in [-0.4, -0.2) is 8.80 Å². The average molecular weight is 769 g/mol. The molecule has 0 saturated heterocycles. The highest BCUT2D eigenvalue weighted by molar-refractivity contribution is 6.32. The van der Waals surface area contributed by atoms with Crippen molar-refractivity contribution in [1.82, 2.24) is 8.80 Å². The van der Waals surface area contributed by atoms with Crippen molar-refractivity contribution in [2.75, 3.05) is 0 Å². The summed E-state index contributed by atoms with van der Waals surface area (Å²) in [5, 5.41) is 15.8. The summed E-state index contributed by atoms with van der Waals surface area (Å²) < 4.78 is 5.13. The van der Waals surface area contributed by atoms with E-state index < -0.39 is 0 Å². The molecule has 286 valence electrons. The van der Waals surface area contributed by atoms with Gasteiger partial charge >= 0.3 is 0 Å². The van der Waals surface area contributed by atoms with Crippen molar-refractivity contribution in [2.45, 2.75) is 55.4 Å². The molecular formula is C58H44N2. The lowest BCUT2D eigenvalue weighted by molar-refractivity contribution is 1.36. The number of fused-ring (bicyclic) bond motifs is 14. The maximum atomic E-state index is 2.57. The van der Waals surface area contributed by atoms with E-state index in [1.54, 1.807) is 0 Å². The topological polar surface area (TPSA) is 8.82 Å². The van der Waals surface area contributed by atoms with Crippen LogP contribution < -0.4 is 0 Å². The van der Waals surface area contributed by atoms with Gasteiger partial charge in [0, 0.05) is 43.1 Å². The molecule has 0 spiro atoms. The van der Waals surface area contributed by atoms with Crippen molar-refractivity contribution in [3.63, 3.8) is 0 Å². The molecule has 4 heterocycles. The van der Waals surface area contributed by atoms with Crippen molar-refractivity contribution in [3.8, 4) is 22.3 Å². The second kappa shape index (κ2) is 11.4. The number of benzene rings is 9. The predicted molar refractivity (Wildman–Crippen MR) is 260 cm³/mol. The van der Waals surface area contributed by atoms with Crippen molar-refractivity contribution >= 4 is 97.7 Å². The van der Waals surface area contributed by atoms with Gasteiger partial charge in [0.15, 0.2) is 0 Å². The molecule has 13 rings (SSSR count). The summed E-state index contributed by atoms with van der Waals surface area (Å²) in [5.41, 5.74) is 23.4. The Balaban J connectivity index is 1.34. The number of hydrogen-bond acceptors (Lipinski definition) is 0. The monoisotopic (exact) mass is 768 g/mol. The molecule has 9 aromatic carbocycles. The Morgan fingerprint density at radius 3 is 0.933 bits per heavy atom. The van der Waals surface area contributed by atoms with Crippen LogP contribution in [0, 0.1) is 55.4 Å². The highest BCUT2D eigenvalue weighted by atomic mass is 14.9. The van der Waals surface area contributed by atoms with Gasteiger partial charge in [-0.2, -0.15) is 0 Å². The molecule has 0 aliphatic carbocycles. The Labute approximate surface area is 348 Å². The van der Waals surface area contributed by atoms with Crippen LogP contribution in [0.5, 0.6) is 0 Å². The van der Waals surface area contributed by atoms with E-state index in [9.17, 15) is 0 Å². The summed E-state index contributed by atoms with van der Waals surface area (Å²) in [7, 11) is 0. The van der Waals surface area contributed by atoms with E-state index >= 15 is 0 Å². The van der Waals surface area contributed by atoms with Crippen molar-refractivity contribution < 1.29 is 0 Å². The Morgan fingerprint density at radius 2 is 0.567 bits per heavy atom. The maximum absolute atomic E-state index is 2.57. The highest BCUT2D eigenvalue weighted by Gasteiger charge is 2.27. The molecule has 0 saturated carbocycles. The van der Waals surface area contributed by atoms with E-state index in [4.69, 9.17) is 0 Å². The van der Waals surface area contributed by atoms with Gasteiger partial charge in [-0.25, -0.2) is 0 Å². The Hall–Kier alpha value is -6.90. The molecule has 0 atom stereocenters. The van der Waals surface area contributed by atoms with Crippen LogP contribution in [-0.2, 0) is 0 Å². The SMILES string of the molecule is Cc1ccc2c(c1)c1cc(C)cc3c4cc5c(-c6c(C)cccc6C)c6cc7c(cc6c(-c6c(C)cccc6C)c5cc4n2c13)c1cc(C)cc2c3cc(C)ccc3n7c21. The zero-order chi connectivity index (χ0) is 40.6. The molecule has 60 heavy (non-hydrogen) atoms. The molecule has 13 aromatic rings. The van der Waals surface area contributed by atoms with Crippen LogP contribution in [0.3, 0.4) is 0 Å². The third kappa shape index (κ3) is 4.18. The minimum Gasteiger partial charge on any atom is -0.308 e. The summed E-state index contributed by atoms with van der Waals surface area (Å²) in [6, 6.07) is 47.5. The van der Waals surface area contributed by atoms with Gasteiger partial charge < -0.3 is 8.80 Å².